The number of aromatic nitrogens is 1. The fourth-order valence-electron chi connectivity index (χ4n) is 2.74. The molecule has 1 amide bonds. The SMILES string of the molecule is Cc1ccc(-c2cc(C(=O)NCc3cccs3)c3ccccc3n2)o1. The Morgan fingerprint density at radius 2 is 2.04 bits per heavy atom. The van der Waals surface area contributed by atoms with Crippen molar-refractivity contribution in [2.45, 2.75) is 13.5 Å². The molecule has 0 aliphatic carbocycles. The summed E-state index contributed by atoms with van der Waals surface area (Å²) >= 11 is 1.62. The maximum Gasteiger partial charge on any atom is 0.252 e. The highest BCUT2D eigenvalue weighted by atomic mass is 32.1. The zero-order valence-corrected chi connectivity index (χ0v) is 14.5. The van der Waals surface area contributed by atoms with E-state index in [9.17, 15) is 4.79 Å². The molecule has 3 aromatic heterocycles. The number of carbonyl (C=O) groups is 1. The third-order valence-corrected chi connectivity index (χ3v) is 4.83. The number of benzene rings is 1. The number of hydrogen-bond donors (Lipinski definition) is 1. The van der Waals surface area contributed by atoms with E-state index in [-0.39, 0.29) is 5.91 Å². The van der Waals surface area contributed by atoms with Crippen molar-refractivity contribution in [3.63, 3.8) is 0 Å². The molecule has 25 heavy (non-hydrogen) atoms. The Labute approximate surface area is 149 Å². The van der Waals surface area contributed by atoms with Gasteiger partial charge in [0.15, 0.2) is 5.76 Å². The van der Waals surface area contributed by atoms with Gasteiger partial charge in [-0.05, 0) is 42.6 Å². The monoisotopic (exact) mass is 348 g/mol. The Bertz CT molecular complexity index is 1030. The van der Waals surface area contributed by atoms with Crippen LogP contribution in [0.3, 0.4) is 0 Å². The number of nitrogens with zero attached hydrogens (tertiary/aromatic N) is 1. The first-order valence-corrected chi connectivity index (χ1v) is 8.86. The van der Waals surface area contributed by atoms with Crippen LogP contribution in [0.4, 0.5) is 0 Å². The van der Waals surface area contributed by atoms with E-state index in [4.69, 9.17) is 4.42 Å². The predicted molar refractivity (Wildman–Crippen MR) is 99.7 cm³/mol. The zero-order chi connectivity index (χ0) is 17.2. The molecule has 4 nitrogen and oxygen atoms in total. The number of nitrogens with one attached hydrogen (secondary N) is 1. The van der Waals surface area contributed by atoms with Gasteiger partial charge in [-0.25, -0.2) is 4.98 Å². The zero-order valence-electron chi connectivity index (χ0n) is 13.7. The second-order valence-corrected chi connectivity index (χ2v) is 6.78. The van der Waals surface area contributed by atoms with Gasteiger partial charge in [-0.15, -0.1) is 11.3 Å². The number of fused-ring (bicyclic) bond motifs is 1. The van der Waals surface area contributed by atoms with E-state index in [2.05, 4.69) is 10.3 Å². The summed E-state index contributed by atoms with van der Waals surface area (Å²) in [7, 11) is 0. The molecule has 4 rings (SSSR count). The van der Waals surface area contributed by atoms with Gasteiger partial charge < -0.3 is 9.73 Å². The third-order valence-electron chi connectivity index (χ3n) is 3.96. The standard InChI is InChI=1S/C20H16N2O2S/c1-13-8-9-19(24-13)18-11-16(15-6-2-3-7-17(15)22-18)20(23)21-12-14-5-4-10-25-14/h2-11H,12H2,1H3,(H,21,23). The van der Waals surface area contributed by atoms with Crippen molar-refractivity contribution < 1.29 is 9.21 Å². The fourth-order valence-corrected chi connectivity index (χ4v) is 3.38. The molecule has 0 unspecified atom stereocenters. The van der Waals surface area contributed by atoms with Crippen LogP contribution in [-0.4, -0.2) is 10.9 Å². The number of carbonyl (C=O) groups excluding carboxylic acids is 1. The van der Waals surface area contributed by atoms with Crippen LogP contribution < -0.4 is 5.32 Å². The number of rotatable bonds is 4. The maximum atomic E-state index is 12.8. The highest BCUT2D eigenvalue weighted by Gasteiger charge is 2.15. The van der Waals surface area contributed by atoms with E-state index >= 15 is 0 Å². The van der Waals surface area contributed by atoms with Crippen LogP contribution in [0.25, 0.3) is 22.4 Å². The molecule has 1 N–H and O–H groups in total. The summed E-state index contributed by atoms with van der Waals surface area (Å²) < 4.78 is 5.68. The Kier molecular flexibility index (Phi) is 4.07. The van der Waals surface area contributed by atoms with Crippen LogP contribution in [0.1, 0.15) is 21.0 Å². The summed E-state index contributed by atoms with van der Waals surface area (Å²) in [6.07, 6.45) is 0. The van der Waals surface area contributed by atoms with E-state index in [0.717, 1.165) is 21.5 Å². The Morgan fingerprint density at radius 1 is 1.16 bits per heavy atom. The van der Waals surface area contributed by atoms with E-state index in [0.29, 0.717) is 23.6 Å². The number of pyridine rings is 1. The fraction of sp³-hybridized carbons (Fsp3) is 0.100. The maximum absolute atomic E-state index is 12.8. The van der Waals surface area contributed by atoms with Crippen LogP contribution in [0, 0.1) is 6.92 Å². The highest BCUT2D eigenvalue weighted by Crippen LogP contribution is 2.26. The topological polar surface area (TPSA) is 55.1 Å². The first-order valence-electron chi connectivity index (χ1n) is 7.98. The quantitative estimate of drug-likeness (QED) is 0.577. The van der Waals surface area contributed by atoms with Gasteiger partial charge in [-0.1, -0.05) is 24.3 Å². The molecule has 0 saturated carbocycles. The summed E-state index contributed by atoms with van der Waals surface area (Å²) in [5.74, 6) is 1.36. The minimum absolute atomic E-state index is 0.114. The lowest BCUT2D eigenvalue weighted by molar-refractivity contribution is 0.0953. The summed E-state index contributed by atoms with van der Waals surface area (Å²) in [6.45, 7) is 2.40. The van der Waals surface area contributed by atoms with Crippen LogP contribution in [0.5, 0.6) is 0 Å². The summed E-state index contributed by atoms with van der Waals surface area (Å²) in [5, 5.41) is 5.82. The number of hydrogen-bond acceptors (Lipinski definition) is 4. The van der Waals surface area contributed by atoms with Crippen LogP contribution in [-0.2, 0) is 6.54 Å². The van der Waals surface area contributed by atoms with Crippen molar-refractivity contribution >= 4 is 28.1 Å². The Balaban J connectivity index is 1.74. The van der Waals surface area contributed by atoms with Gasteiger partial charge >= 0.3 is 0 Å². The Hall–Kier alpha value is -2.92. The summed E-state index contributed by atoms with van der Waals surface area (Å²) in [6, 6.07) is 17.2. The van der Waals surface area contributed by atoms with Gasteiger partial charge in [0.1, 0.15) is 11.5 Å². The molecule has 4 aromatic rings. The molecular formula is C20H16N2O2S. The molecule has 3 heterocycles. The number of thiophene rings is 1. The predicted octanol–water partition coefficient (Wildman–Crippen LogP) is 4.79. The Morgan fingerprint density at radius 3 is 2.80 bits per heavy atom. The minimum Gasteiger partial charge on any atom is -0.460 e. The highest BCUT2D eigenvalue weighted by molar-refractivity contribution is 7.09. The molecular weight excluding hydrogens is 332 g/mol. The number of furan rings is 1. The number of aryl methyl sites for hydroxylation is 1. The first-order chi connectivity index (χ1) is 12.2. The van der Waals surface area contributed by atoms with Gasteiger partial charge in [-0.2, -0.15) is 0 Å². The van der Waals surface area contributed by atoms with Crippen molar-refractivity contribution in [2.24, 2.45) is 0 Å². The molecule has 1 aromatic carbocycles. The largest absolute Gasteiger partial charge is 0.460 e. The van der Waals surface area contributed by atoms with E-state index in [1.54, 1.807) is 17.4 Å². The molecule has 0 aliphatic heterocycles. The average Bonchev–Trinajstić information content (AvgIpc) is 3.30. The summed E-state index contributed by atoms with van der Waals surface area (Å²) in [5.41, 5.74) is 2.04. The summed E-state index contributed by atoms with van der Waals surface area (Å²) in [4.78, 5) is 18.5. The lowest BCUT2D eigenvalue weighted by atomic mass is 10.1. The molecule has 0 atom stereocenters. The molecule has 0 spiro atoms. The van der Waals surface area contributed by atoms with Crippen LogP contribution >= 0.6 is 11.3 Å². The van der Waals surface area contributed by atoms with Crippen molar-refractivity contribution in [3.8, 4) is 11.5 Å². The van der Waals surface area contributed by atoms with Gasteiger partial charge in [0.05, 0.1) is 17.6 Å². The van der Waals surface area contributed by atoms with E-state index in [1.807, 2.05) is 60.8 Å². The smallest absolute Gasteiger partial charge is 0.252 e. The van der Waals surface area contributed by atoms with Crippen molar-refractivity contribution in [1.29, 1.82) is 0 Å². The van der Waals surface area contributed by atoms with E-state index < -0.39 is 0 Å². The van der Waals surface area contributed by atoms with Crippen molar-refractivity contribution in [3.05, 3.63) is 76.2 Å². The van der Waals surface area contributed by atoms with Crippen LogP contribution in [0.2, 0.25) is 0 Å². The lowest BCUT2D eigenvalue weighted by Crippen LogP contribution is -2.22. The lowest BCUT2D eigenvalue weighted by Gasteiger charge is -2.09. The number of amides is 1. The van der Waals surface area contributed by atoms with Gasteiger partial charge in [0, 0.05) is 10.3 Å². The van der Waals surface area contributed by atoms with Crippen LogP contribution in [0.15, 0.2) is 64.4 Å². The van der Waals surface area contributed by atoms with Gasteiger partial charge in [0.25, 0.3) is 5.91 Å². The van der Waals surface area contributed by atoms with Crippen molar-refractivity contribution in [1.82, 2.24) is 10.3 Å². The number of para-hydroxylation sites is 1. The molecule has 5 heteroatoms. The second kappa shape index (κ2) is 6.53. The molecule has 0 radical (unpaired) electrons. The first kappa shape index (κ1) is 15.6. The minimum atomic E-state index is -0.114. The molecule has 0 fully saturated rings. The molecule has 0 bridgehead atoms. The second-order valence-electron chi connectivity index (χ2n) is 5.74. The molecule has 124 valence electrons. The van der Waals surface area contributed by atoms with Crippen molar-refractivity contribution in [2.75, 3.05) is 0 Å². The van der Waals surface area contributed by atoms with E-state index in [1.165, 1.54) is 0 Å². The molecule has 0 saturated heterocycles. The van der Waals surface area contributed by atoms with Gasteiger partial charge in [-0.3, -0.25) is 4.79 Å². The average molecular weight is 348 g/mol. The molecule has 0 aliphatic rings. The van der Waals surface area contributed by atoms with Gasteiger partial charge in [0.2, 0.25) is 0 Å². The third kappa shape index (κ3) is 3.19. The normalized spacial score (nSPS) is 10.9.